The molecule has 0 bridgehead atoms. The normalized spacial score (nSPS) is 14.5. The van der Waals surface area contributed by atoms with Gasteiger partial charge in [0, 0.05) is 32.9 Å². The van der Waals surface area contributed by atoms with Gasteiger partial charge in [0.1, 0.15) is 0 Å². The van der Waals surface area contributed by atoms with Gasteiger partial charge < -0.3 is 4.90 Å². The zero-order chi connectivity index (χ0) is 13.9. The Hall–Kier alpha value is -1.23. The van der Waals surface area contributed by atoms with Crippen LogP contribution in [0, 0.1) is 6.92 Å². The lowest BCUT2D eigenvalue weighted by atomic mass is 10.3. The lowest BCUT2D eigenvalue weighted by Crippen LogP contribution is -2.18. The van der Waals surface area contributed by atoms with Crippen molar-refractivity contribution in [1.29, 1.82) is 0 Å². The number of hydrogen-bond donors (Lipinski definition) is 0. The zero-order valence-electron chi connectivity index (χ0n) is 10.9. The van der Waals surface area contributed by atoms with Crippen molar-refractivity contribution in [2.24, 2.45) is 0 Å². The first kappa shape index (κ1) is 13.7. The summed E-state index contributed by atoms with van der Waals surface area (Å²) in [5.74, 6) is 0. The molecule has 102 valence electrons. The van der Waals surface area contributed by atoms with Crippen LogP contribution >= 0.6 is 34.7 Å². The van der Waals surface area contributed by atoms with Crippen molar-refractivity contribution in [1.82, 2.24) is 4.98 Å². The van der Waals surface area contributed by atoms with Gasteiger partial charge in [-0.05, 0) is 37.3 Å². The first-order valence-electron chi connectivity index (χ1n) is 6.21. The number of halogens is 1. The van der Waals surface area contributed by atoms with Crippen LogP contribution in [0.15, 0.2) is 57.8 Å². The molecule has 2 nitrogen and oxygen atoms in total. The van der Waals surface area contributed by atoms with E-state index in [9.17, 15) is 0 Å². The first-order chi connectivity index (χ1) is 9.70. The van der Waals surface area contributed by atoms with E-state index < -0.39 is 0 Å². The second kappa shape index (κ2) is 6.04. The lowest BCUT2D eigenvalue weighted by molar-refractivity contribution is 1.04. The molecule has 1 aliphatic heterocycles. The molecule has 0 spiro atoms. The maximum atomic E-state index is 5.89. The van der Waals surface area contributed by atoms with Crippen molar-refractivity contribution < 1.29 is 0 Å². The molecular formula is C15H13ClN2S2. The summed E-state index contributed by atoms with van der Waals surface area (Å²) >= 11 is 9.32. The minimum absolute atomic E-state index is 0.771. The van der Waals surface area contributed by atoms with Gasteiger partial charge in [-0.15, -0.1) is 11.3 Å². The number of benzene rings is 1. The Morgan fingerprint density at radius 3 is 2.70 bits per heavy atom. The minimum Gasteiger partial charge on any atom is -0.321 e. The van der Waals surface area contributed by atoms with E-state index in [-0.39, 0.29) is 0 Å². The molecular weight excluding hydrogens is 308 g/mol. The monoisotopic (exact) mass is 320 g/mol. The summed E-state index contributed by atoms with van der Waals surface area (Å²) in [6.45, 7) is 2.88. The van der Waals surface area contributed by atoms with E-state index in [0.29, 0.717) is 0 Å². The van der Waals surface area contributed by atoms with Gasteiger partial charge in [-0.1, -0.05) is 29.4 Å². The first-order valence-corrected chi connectivity index (χ1v) is 8.29. The van der Waals surface area contributed by atoms with Crippen LogP contribution in [0.25, 0.3) is 0 Å². The highest BCUT2D eigenvalue weighted by molar-refractivity contribution is 8.03. The SMILES string of the molecule is Cc1csc(N2C=CC(Sc3ccc(Cl)cc3)=CC2)n1. The van der Waals surface area contributed by atoms with Crippen LogP contribution in [0.4, 0.5) is 5.13 Å². The second-order valence-corrected chi connectivity index (χ2v) is 6.82. The Morgan fingerprint density at radius 1 is 1.30 bits per heavy atom. The third kappa shape index (κ3) is 3.26. The van der Waals surface area contributed by atoms with E-state index in [1.165, 1.54) is 9.80 Å². The Kier molecular flexibility index (Phi) is 4.15. The van der Waals surface area contributed by atoms with Crippen molar-refractivity contribution >= 4 is 39.8 Å². The van der Waals surface area contributed by atoms with E-state index in [2.05, 4.69) is 33.6 Å². The summed E-state index contributed by atoms with van der Waals surface area (Å²) < 4.78 is 0. The average Bonchev–Trinajstić information content (AvgIpc) is 2.89. The fourth-order valence-corrected chi connectivity index (χ4v) is 3.56. The molecule has 3 rings (SSSR count). The number of hydrogen-bond acceptors (Lipinski definition) is 4. The van der Waals surface area contributed by atoms with Crippen LogP contribution in [0.3, 0.4) is 0 Å². The molecule has 0 aliphatic carbocycles. The van der Waals surface area contributed by atoms with Gasteiger partial charge in [0.15, 0.2) is 5.13 Å². The summed E-state index contributed by atoms with van der Waals surface area (Å²) in [5.41, 5.74) is 1.07. The smallest absolute Gasteiger partial charge is 0.189 e. The van der Waals surface area contributed by atoms with E-state index in [0.717, 1.165) is 22.4 Å². The maximum Gasteiger partial charge on any atom is 0.189 e. The van der Waals surface area contributed by atoms with Crippen LogP contribution < -0.4 is 4.90 Å². The Bertz CT molecular complexity index is 659. The number of nitrogens with zero attached hydrogens (tertiary/aromatic N) is 2. The third-order valence-electron chi connectivity index (χ3n) is 2.81. The van der Waals surface area contributed by atoms with Crippen LogP contribution in [-0.2, 0) is 0 Å². The highest BCUT2D eigenvalue weighted by Crippen LogP contribution is 2.31. The number of thioether (sulfide) groups is 1. The van der Waals surface area contributed by atoms with Gasteiger partial charge in [0.2, 0.25) is 0 Å². The maximum absolute atomic E-state index is 5.89. The van der Waals surface area contributed by atoms with Gasteiger partial charge in [-0.25, -0.2) is 4.98 Å². The molecule has 1 aromatic carbocycles. The van der Waals surface area contributed by atoms with E-state index >= 15 is 0 Å². The van der Waals surface area contributed by atoms with Crippen molar-refractivity contribution in [2.45, 2.75) is 11.8 Å². The quantitative estimate of drug-likeness (QED) is 0.781. The molecule has 20 heavy (non-hydrogen) atoms. The molecule has 0 saturated heterocycles. The molecule has 1 aromatic heterocycles. The third-order valence-corrected chi connectivity index (χ3v) is 5.10. The van der Waals surface area contributed by atoms with Gasteiger partial charge in [-0.3, -0.25) is 0 Å². The fourth-order valence-electron chi connectivity index (χ4n) is 1.81. The van der Waals surface area contributed by atoms with Gasteiger partial charge in [-0.2, -0.15) is 0 Å². The molecule has 5 heteroatoms. The van der Waals surface area contributed by atoms with Crippen molar-refractivity contribution in [3.05, 3.63) is 63.6 Å². The summed E-state index contributed by atoms with van der Waals surface area (Å²) in [7, 11) is 0. The van der Waals surface area contributed by atoms with Crippen molar-refractivity contribution in [3.8, 4) is 0 Å². The Balaban J connectivity index is 1.66. The predicted octanol–water partition coefficient (Wildman–Crippen LogP) is 5.11. The standard InChI is InChI=1S/C15H13ClN2S2/c1-11-10-19-15(17-11)18-8-6-14(7-9-18)20-13-4-2-12(16)3-5-13/h2-8,10H,9H2,1H3. The molecule has 0 radical (unpaired) electrons. The highest BCUT2D eigenvalue weighted by atomic mass is 35.5. The van der Waals surface area contributed by atoms with Crippen molar-refractivity contribution in [2.75, 3.05) is 11.4 Å². The highest BCUT2D eigenvalue weighted by Gasteiger charge is 2.10. The molecule has 0 saturated carbocycles. The lowest BCUT2D eigenvalue weighted by Gasteiger charge is -2.19. The molecule has 0 fully saturated rings. The number of rotatable bonds is 3. The number of aryl methyl sites for hydroxylation is 1. The summed E-state index contributed by atoms with van der Waals surface area (Å²) in [6.07, 6.45) is 6.44. The van der Waals surface area contributed by atoms with Crippen LogP contribution in [0.2, 0.25) is 5.02 Å². The zero-order valence-corrected chi connectivity index (χ0v) is 13.3. The molecule has 2 aromatic rings. The number of anilines is 1. The fraction of sp³-hybridized carbons (Fsp3) is 0.133. The van der Waals surface area contributed by atoms with Gasteiger partial charge in [0.25, 0.3) is 0 Å². The van der Waals surface area contributed by atoms with Gasteiger partial charge >= 0.3 is 0 Å². The number of thiazole rings is 1. The number of aromatic nitrogens is 1. The number of allylic oxidation sites excluding steroid dienone is 1. The van der Waals surface area contributed by atoms with Gasteiger partial charge in [0.05, 0.1) is 5.69 Å². The summed E-state index contributed by atoms with van der Waals surface area (Å²) in [6, 6.07) is 7.92. The van der Waals surface area contributed by atoms with E-state index in [1.807, 2.05) is 31.2 Å². The predicted molar refractivity (Wildman–Crippen MR) is 88.7 cm³/mol. The molecule has 0 amide bonds. The Morgan fingerprint density at radius 2 is 2.10 bits per heavy atom. The Labute approximate surface area is 131 Å². The molecule has 0 atom stereocenters. The van der Waals surface area contributed by atoms with Crippen LogP contribution in [0.1, 0.15) is 5.69 Å². The summed E-state index contributed by atoms with van der Waals surface area (Å²) in [4.78, 5) is 9.10. The largest absolute Gasteiger partial charge is 0.321 e. The van der Waals surface area contributed by atoms with Crippen molar-refractivity contribution in [3.63, 3.8) is 0 Å². The average molecular weight is 321 g/mol. The molecule has 1 aliphatic rings. The summed E-state index contributed by atoms with van der Waals surface area (Å²) in [5, 5.41) is 3.89. The molecule has 0 unspecified atom stereocenters. The minimum atomic E-state index is 0.771. The second-order valence-electron chi connectivity index (χ2n) is 4.40. The molecule has 0 N–H and O–H groups in total. The topological polar surface area (TPSA) is 16.1 Å². The van der Waals surface area contributed by atoms with Crippen LogP contribution in [-0.4, -0.2) is 11.5 Å². The van der Waals surface area contributed by atoms with E-state index in [4.69, 9.17) is 11.6 Å². The molecule has 2 heterocycles. The van der Waals surface area contributed by atoms with E-state index in [1.54, 1.807) is 23.1 Å². The van der Waals surface area contributed by atoms with Crippen LogP contribution in [0.5, 0.6) is 0 Å².